The fourth-order valence-corrected chi connectivity index (χ4v) is 8.49. The number of aliphatic imine (C=N–C) groups is 1. The van der Waals surface area contributed by atoms with Crippen LogP contribution in [0.2, 0.25) is 0 Å². The summed E-state index contributed by atoms with van der Waals surface area (Å²) in [4.78, 5) is 8.15. The monoisotopic (exact) mass is 477 g/mol. The van der Waals surface area contributed by atoms with Crippen molar-refractivity contribution in [2.24, 2.45) is 4.99 Å². The van der Waals surface area contributed by atoms with Crippen molar-refractivity contribution in [1.29, 1.82) is 0 Å². The summed E-state index contributed by atoms with van der Waals surface area (Å²) in [6, 6.07) is 31.4. The minimum Gasteiger partial charge on any atom is -0.301 e. The molecule has 3 nitrogen and oxygen atoms in total. The summed E-state index contributed by atoms with van der Waals surface area (Å²) in [7, 11) is 0. The fourth-order valence-electron chi connectivity index (χ4n) is 7.25. The summed E-state index contributed by atoms with van der Waals surface area (Å²) in [5, 5.41) is 5.51. The molecular formula is C32H19N3S. The van der Waals surface area contributed by atoms with Crippen LogP contribution in [0, 0.1) is 0 Å². The fraction of sp³-hybridized carbons (Fsp3) is 0.0938. The van der Waals surface area contributed by atoms with Crippen molar-refractivity contribution in [3.05, 3.63) is 114 Å². The van der Waals surface area contributed by atoms with Gasteiger partial charge in [0.1, 0.15) is 6.04 Å². The van der Waals surface area contributed by atoms with Crippen molar-refractivity contribution in [2.75, 3.05) is 0 Å². The van der Waals surface area contributed by atoms with Gasteiger partial charge in [-0.3, -0.25) is 0 Å². The van der Waals surface area contributed by atoms with E-state index in [1.54, 1.807) is 0 Å². The maximum absolute atomic E-state index is 5.53. The topological polar surface area (TPSA) is 20.3 Å². The molecule has 5 heterocycles. The van der Waals surface area contributed by atoms with Crippen molar-refractivity contribution < 1.29 is 0 Å². The number of para-hydroxylation sites is 1. The first-order valence-electron chi connectivity index (χ1n) is 12.6. The number of rotatable bonds is 1. The molecule has 1 fully saturated rings. The number of aromatic nitrogens is 1. The largest absolute Gasteiger partial charge is 0.301 e. The van der Waals surface area contributed by atoms with Gasteiger partial charge in [0.25, 0.3) is 0 Å². The van der Waals surface area contributed by atoms with Crippen molar-refractivity contribution in [3.63, 3.8) is 0 Å². The Labute approximate surface area is 210 Å². The Bertz CT molecular complexity index is 2070. The third-order valence-corrected chi connectivity index (χ3v) is 9.86. The second-order valence-corrected chi connectivity index (χ2v) is 11.4. The SMILES string of the molecule is C1=CC2C(=NC34C(c5cc6c7ccccc7sc6c6c7ccccc7n3c56)N24)C=C1c1ccccc1. The van der Waals surface area contributed by atoms with Crippen molar-refractivity contribution in [3.8, 4) is 0 Å². The van der Waals surface area contributed by atoms with E-state index >= 15 is 0 Å². The molecular weight excluding hydrogens is 458 g/mol. The number of hydrogen-bond donors (Lipinski definition) is 0. The van der Waals surface area contributed by atoms with Crippen LogP contribution in [-0.4, -0.2) is 21.2 Å². The van der Waals surface area contributed by atoms with Crippen LogP contribution in [0.3, 0.4) is 0 Å². The summed E-state index contributed by atoms with van der Waals surface area (Å²) < 4.78 is 5.34. The molecule has 4 atom stereocenters. The van der Waals surface area contributed by atoms with Gasteiger partial charge < -0.3 is 4.57 Å². The van der Waals surface area contributed by atoms with E-state index in [2.05, 4.69) is 113 Å². The van der Waals surface area contributed by atoms with Crippen molar-refractivity contribution in [2.45, 2.75) is 17.9 Å². The molecule has 6 aromatic rings. The zero-order chi connectivity index (χ0) is 23.2. The van der Waals surface area contributed by atoms with E-state index in [0.29, 0.717) is 6.04 Å². The first-order valence-corrected chi connectivity index (χ1v) is 13.4. The normalized spacial score (nSPS) is 26.9. The van der Waals surface area contributed by atoms with Gasteiger partial charge in [0.15, 0.2) is 0 Å². The van der Waals surface area contributed by atoms with Gasteiger partial charge in [0.05, 0.1) is 22.8 Å². The van der Waals surface area contributed by atoms with E-state index in [9.17, 15) is 0 Å². The highest BCUT2D eigenvalue weighted by molar-refractivity contribution is 7.26. The van der Waals surface area contributed by atoms with Gasteiger partial charge in [0.2, 0.25) is 5.79 Å². The summed E-state index contributed by atoms with van der Waals surface area (Å²) in [6.07, 6.45) is 6.94. The second kappa shape index (κ2) is 5.86. The second-order valence-electron chi connectivity index (χ2n) is 10.3. The van der Waals surface area contributed by atoms with Crippen LogP contribution in [0.15, 0.2) is 108 Å². The molecule has 0 N–H and O–H groups in total. The Morgan fingerprint density at radius 2 is 1.64 bits per heavy atom. The number of nitrogens with zero attached hydrogens (tertiary/aromatic N) is 3. The van der Waals surface area contributed by atoms with Gasteiger partial charge in [-0.15, -0.1) is 11.3 Å². The lowest BCUT2D eigenvalue weighted by atomic mass is 9.95. The molecule has 168 valence electrons. The summed E-state index contributed by atoms with van der Waals surface area (Å²) >= 11 is 1.93. The van der Waals surface area contributed by atoms with E-state index in [0.717, 1.165) is 0 Å². The molecule has 4 aliphatic rings. The van der Waals surface area contributed by atoms with E-state index in [-0.39, 0.29) is 11.8 Å². The average Bonchev–Trinajstić information content (AvgIpc) is 3.29. The van der Waals surface area contributed by atoms with E-state index in [1.807, 2.05) is 11.3 Å². The molecule has 4 aromatic carbocycles. The van der Waals surface area contributed by atoms with Gasteiger partial charge in [-0.05, 0) is 35.4 Å². The number of benzene rings is 4. The van der Waals surface area contributed by atoms with Crippen LogP contribution < -0.4 is 0 Å². The van der Waals surface area contributed by atoms with Gasteiger partial charge in [-0.25, -0.2) is 9.89 Å². The molecule has 0 radical (unpaired) electrons. The van der Waals surface area contributed by atoms with Gasteiger partial charge in [0, 0.05) is 36.5 Å². The predicted octanol–water partition coefficient (Wildman–Crippen LogP) is 7.62. The van der Waals surface area contributed by atoms with Crippen LogP contribution in [0.4, 0.5) is 0 Å². The highest BCUT2D eigenvalue weighted by Gasteiger charge is 2.75. The first-order chi connectivity index (χ1) is 17.8. The number of hydrogen-bond acceptors (Lipinski definition) is 3. The lowest BCUT2D eigenvalue weighted by molar-refractivity contribution is 0.368. The Hall–Kier alpha value is -3.99. The lowest BCUT2D eigenvalue weighted by Crippen LogP contribution is -2.27. The van der Waals surface area contributed by atoms with Crippen LogP contribution in [0.5, 0.6) is 0 Å². The standard InChI is InChI=1S/C32H19N3S/c1-2-8-18(9-3-1)19-14-15-26-24(16-19)33-32-31(35(26)32)23-17-22-20-10-5-7-13-27(20)36-30(22)28-21-11-4-6-12-25(21)34(32)29(23)28/h1-17,26,31H. The third kappa shape index (κ3) is 1.88. The molecule has 1 saturated heterocycles. The zero-order valence-corrected chi connectivity index (χ0v) is 20.0. The molecule has 10 rings (SSSR count). The van der Waals surface area contributed by atoms with E-state index in [1.165, 1.54) is 64.4 Å². The quantitative estimate of drug-likeness (QED) is 0.223. The molecule has 0 saturated carbocycles. The molecule has 4 heteroatoms. The molecule has 1 spiro atoms. The Morgan fingerprint density at radius 3 is 2.56 bits per heavy atom. The summed E-state index contributed by atoms with van der Waals surface area (Å²) in [6.45, 7) is 0. The molecule has 0 bridgehead atoms. The van der Waals surface area contributed by atoms with Crippen LogP contribution >= 0.6 is 11.3 Å². The molecule has 36 heavy (non-hydrogen) atoms. The maximum atomic E-state index is 5.53. The van der Waals surface area contributed by atoms with Crippen LogP contribution in [0.25, 0.3) is 47.6 Å². The minimum atomic E-state index is -0.337. The van der Waals surface area contributed by atoms with Crippen molar-refractivity contribution >= 4 is 64.6 Å². The lowest BCUT2D eigenvalue weighted by Gasteiger charge is -2.18. The van der Waals surface area contributed by atoms with Gasteiger partial charge >= 0.3 is 0 Å². The number of allylic oxidation sites excluding steroid dienone is 2. The van der Waals surface area contributed by atoms with E-state index < -0.39 is 0 Å². The molecule has 2 aromatic heterocycles. The molecule has 4 unspecified atom stereocenters. The highest BCUT2D eigenvalue weighted by Crippen LogP contribution is 2.70. The zero-order valence-electron chi connectivity index (χ0n) is 19.2. The summed E-state index contributed by atoms with van der Waals surface area (Å²) in [5.74, 6) is -0.337. The average molecular weight is 478 g/mol. The third-order valence-electron chi connectivity index (χ3n) is 8.65. The van der Waals surface area contributed by atoms with E-state index in [4.69, 9.17) is 4.99 Å². The minimum absolute atomic E-state index is 0.224. The summed E-state index contributed by atoms with van der Waals surface area (Å²) in [5.41, 5.74) is 7.78. The Balaban J connectivity index is 1.28. The number of thiophene rings is 1. The first kappa shape index (κ1) is 18.3. The van der Waals surface area contributed by atoms with Gasteiger partial charge in [-0.2, -0.15) is 0 Å². The molecule has 1 aliphatic carbocycles. The Morgan fingerprint density at radius 1 is 0.833 bits per heavy atom. The van der Waals surface area contributed by atoms with Crippen LogP contribution in [-0.2, 0) is 5.79 Å². The molecule has 0 amide bonds. The Kier molecular flexibility index (Phi) is 2.98. The van der Waals surface area contributed by atoms with Crippen LogP contribution in [0.1, 0.15) is 17.2 Å². The molecule has 3 aliphatic heterocycles. The highest BCUT2D eigenvalue weighted by atomic mass is 32.1. The predicted molar refractivity (Wildman–Crippen MR) is 150 cm³/mol. The number of fused-ring (bicyclic) bond motifs is 11. The van der Waals surface area contributed by atoms with Gasteiger partial charge in [-0.1, -0.05) is 78.9 Å². The smallest absolute Gasteiger partial charge is 0.216 e. The van der Waals surface area contributed by atoms with Crippen molar-refractivity contribution in [1.82, 2.24) is 9.47 Å². The maximum Gasteiger partial charge on any atom is 0.216 e.